The average molecular weight is 456 g/mol. The molecule has 0 radical (unpaired) electrons. The monoisotopic (exact) mass is 456 g/mol. The molecule has 0 heterocycles. The molecule has 0 aromatic heterocycles. The molecule has 0 amide bonds. The first-order chi connectivity index (χ1) is 14.5. The number of unbranched alkanes of at least 4 members (excludes halogenated alkanes) is 3. The first-order valence-electron chi connectivity index (χ1n) is 9.21. The molecule has 0 aliphatic heterocycles. The predicted molar refractivity (Wildman–Crippen MR) is 96.4 cm³/mol. The first-order valence-corrected chi connectivity index (χ1v) is 9.21. The van der Waals surface area contributed by atoms with Crippen LogP contribution in [0.2, 0.25) is 0 Å². The highest BCUT2D eigenvalue weighted by atomic mass is 19.4. The van der Waals surface area contributed by atoms with Gasteiger partial charge in [0.1, 0.15) is 34.6 Å². The van der Waals surface area contributed by atoms with Crippen molar-refractivity contribution in [2.75, 3.05) is 6.61 Å². The largest absolute Gasteiger partial charge is 0.493 e. The lowest BCUT2D eigenvalue weighted by Crippen LogP contribution is -2.11. The SMILES string of the molecule is CCCCCCOc1cc(F)c(/C(F)=C(\F)c2cc(F)c(C(F)(F)F)c(F)c2)c(F)c1. The number of hydrogen-bond donors (Lipinski definition) is 0. The standard InChI is InChI=1S/C21H17F9O/c1-2-3-4-5-6-31-12-9-13(22)17(14(23)10-12)20(27)19(26)11-7-15(24)18(16(25)8-11)21(28,29)30/h7-10H,2-6H2,1H3/b20-19+. The van der Waals surface area contributed by atoms with Crippen LogP contribution in [0, 0.1) is 23.3 Å². The second kappa shape index (κ2) is 10.1. The van der Waals surface area contributed by atoms with Crippen molar-refractivity contribution in [1.29, 1.82) is 0 Å². The Hall–Kier alpha value is -2.65. The summed E-state index contributed by atoms with van der Waals surface area (Å²) in [7, 11) is 0. The van der Waals surface area contributed by atoms with Crippen molar-refractivity contribution in [3.63, 3.8) is 0 Å². The van der Waals surface area contributed by atoms with E-state index in [-0.39, 0.29) is 24.5 Å². The molecule has 10 heteroatoms. The van der Waals surface area contributed by atoms with Crippen LogP contribution in [0.15, 0.2) is 24.3 Å². The molecule has 0 aliphatic rings. The number of hydrogen-bond acceptors (Lipinski definition) is 1. The Bertz CT molecular complexity index is 918. The molecule has 0 saturated carbocycles. The van der Waals surface area contributed by atoms with E-state index in [1.165, 1.54) is 0 Å². The maximum Gasteiger partial charge on any atom is 0.422 e. The van der Waals surface area contributed by atoms with Crippen molar-refractivity contribution in [3.05, 3.63) is 64.2 Å². The van der Waals surface area contributed by atoms with Gasteiger partial charge in [0.25, 0.3) is 0 Å². The molecule has 0 spiro atoms. The lowest BCUT2D eigenvalue weighted by molar-refractivity contribution is -0.142. The van der Waals surface area contributed by atoms with Crippen LogP contribution in [0.25, 0.3) is 11.7 Å². The number of benzene rings is 2. The van der Waals surface area contributed by atoms with Gasteiger partial charge < -0.3 is 4.74 Å². The lowest BCUT2D eigenvalue weighted by atomic mass is 10.1. The molecule has 0 bridgehead atoms. The van der Waals surface area contributed by atoms with Crippen molar-refractivity contribution in [2.45, 2.75) is 38.8 Å². The van der Waals surface area contributed by atoms with Gasteiger partial charge in [-0.25, -0.2) is 26.3 Å². The molecule has 2 aromatic rings. The van der Waals surface area contributed by atoms with Crippen molar-refractivity contribution in [3.8, 4) is 5.75 Å². The molecule has 0 unspecified atom stereocenters. The first kappa shape index (κ1) is 24.6. The second-order valence-corrected chi connectivity index (χ2v) is 6.61. The molecule has 2 aromatic carbocycles. The molecule has 0 atom stereocenters. The molecule has 2 rings (SSSR count). The summed E-state index contributed by atoms with van der Waals surface area (Å²) in [6.45, 7) is 2.12. The summed E-state index contributed by atoms with van der Waals surface area (Å²) in [6, 6.07) is 0.951. The summed E-state index contributed by atoms with van der Waals surface area (Å²) in [5, 5.41) is 0. The van der Waals surface area contributed by atoms with E-state index in [4.69, 9.17) is 4.74 Å². The Morgan fingerprint density at radius 1 is 0.774 bits per heavy atom. The predicted octanol–water partition coefficient (Wildman–Crippen LogP) is 7.99. The van der Waals surface area contributed by atoms with Gasteiger partial charge in [-0.15, -0.1) is 0 Å². The van der Waals surface area contributed by atoms with Crippen LogP contribution in [0.3, 0.4) is 0 Å². The van der Waals surface area contributed by atoms with E-state index >= 15 is 0 Å². The Kier molecular flexibility index (Phi) is 8.02. The van der Waals surface area contributed by atoms with Crippen molar-refractivity contribution in [1.82, 2.24) is 0 Å². The molecule has 31 heavy (non-hydrogen) atoms. The Morgan fingerprint density at radius 3 is 1.81 bits per heavy atom. The van der Waals surface area contributed by atoms with Crippen LogP contribution >= 0.6 is 0 Å². The van der Waals surface area contributed by atoms with Gasteiger partial charge in [-0.3, -0.25) is 0 Å². The van der Waals surface area contributed by atoms with Gasteiger partial charge in [-0.2, -0.15) is 13.2 Å². The third-order valence-electron chi connectivity index (χ3n) is 4.27. The fraction of sp³-hybridized carbons (Fsp3) is 0.333. The highest BCUT2D eigenvalue weighted by molar-refractivity contribution is 5.83. The second-order valence-electron chi connectivity index (χ2n) is 6.61. The minimum atomic E-state index is -5.42. The van der Waals surface area contributed by atoms with E-state index in [1.807, 2.05) is 6.92 Å². The third kappa shape index (κ3) is 5.95. The molecule has 0 fully saturated rings. The summed E-state index contributed by atoms with van der Waals surface area (Å²) in [4.78, 5) is 0. The highest BCUT2D eigenvalue weighted by Gasteiger charge is 2.38. The van der Waals surface area contributed by atoms with Crippen LogP contribution in [0.1, 0.15) is 49.3 Å². The minimum Gasteiger partial charge on any atom is -0.493 e. The molecule has 170 valence electrons. The maximum atomic E-state index is 14.4. The summed E-state index contributed by atoms with van der Waals surface area (Å²) < 4.78 is 127. The number of ether oxygens (including phenoxy) is 1. The van der Waals surface area contributed by atoms with Crippen molar-refractivity contribution >= 4 is 11.7 Å². The number of alkyl halides is 3. The Labute approximate surface area is 172 Å². The van der Waals surface area contributed by atoms with Gasteiger partial charge in [0.15, 0.2) is 11.7 Å². The van der Waals surface area contributed by atoms with Crippen molar-refractivity contribution in [2.24, 2.45) is 0 Å². The topological polar surface area (TPSA) is 9.23 Å². The van der Waals surface area contributed by atoms with Gasteiger partial charge >= 0.3 is 6.18 Å². The van der Waals surface area contributed by atoms with Gasteiger partial charge in [-0.1, -0.05) is 26.2 Å². The van der Waals surface area contributed by atoms with E-state index < -0.39 is 57.8 Å². The molecular weight excluding hydrogens is 439 g/mol. The average Bonchev–Trinajstić information content (AvgIpc) is 2.64. The van der Waals surface area contributed by atoms with Gasteiger partial charge in [0.05, 0.1) is 12.2 Å². The summed E-state index contributed by atoms with van der Waals surface area (Å²) >= 11 is 0. The quantitative estimate of drug-likeness (QED) is 0.222. The van der Waals surface area contributed by atoms with E-state index in [2.05, 4.69) is 0 Å². The summed E-state index contributed by atoms with van der Waals surface area (Å²) in [5.74, 6) is -12.2. The van der Waals surface area contributed by atoms with Crippen LogP contribution < -0.4 is 4.74 Å². The molecular formula is C21H17F9O. The van der Waals surface area contributed by atoms with E-state index in [9.17, 15) is 39.5 Å². The summed E-state index contributed by atoms with van der Waals surface area (Å²) in [5.41, 5.74) is -5.09. The van der Waals surface area contributed by atoms with E-state index in [0.29, 0.717) is 18.6 Å². The van der Waals surface area contributed by atoms with Crippen LogP contribution in [-0.4, -0.2) is 6.61 Å². The summed E-state index contributed by atoms with van der Waals surface area (Å²) in [6.07, 6.45) is -2.10. The molecule has 0 saturated heterocycles. The fourth-order valence-corrected chi connectivity index (χ4v) is 2.77. The third-order valence-corrected chi connectivity index (χ3v) is 4.27. The number of rotatable bonds is 8. The molecule has 0 N–H and O–H groups in total. The highest BCUT2D eigenvalue weighted by Crippen LogP contribution is 2.38. The minimum absolute atomic E-state index is 0.121. The molecule has 1 nitrogen and oxygen atoms in total. The smallest absolute Gasteiger partial charge is 0.422 e. The van der Waals surface area contributed by atoms with Gasteiger partial charge in [0, 0.05) is 17.7 Å². The van der Waals surface area contributed by atoms with Gasteiger partial charge in [0.2, 0.25) is 0 Å². The van der Waals surface area contributed by atoms with Crippen molar-refractivity contribution < 1.29 is 44.3 Å². The zero-order valence-corrected chi connectivity index (χ0v) is 16.2. The zero-order valence-electron chi connectivity index (χ0n) is 16.2. The molecule has 0 aliphatic carbocycles. The maximum absolute atomic E-state index is 14.4. The Balaban J connectivity index is 2.35. The van der Waals surface area contributed by atoms with Gasteiger partial charge in [-0.05, 0) is 18.6 Å². The van der Waals surface area contributed by atoms with Crippen LogP contribution in [0.5, 0.6) is 5.75 Å². The van der Waals surface area contributed by atoms with Crippen LogP contribution in [-0.2, 0) is 6.18 Å². The van der Waals surface area contributed by atoms with E-state index in [1.54, 1.807) is 0 Å². The van der Waals surface area contributed by atoms with E-state index in [0.717, 1.165) is 19.3 Å². The fourth-order valence-electron chi connectivity index (χ4n) is 2.77. The zero-order chi connectivity index (χ0) is 23.3. The normalized spacial score (nSPS) is 12.7. The number of halogens is 9. The lowest BCUT2D eigenvalue weighted by Gasteiger charge is -2.12. The Morgan fingerprint density at radius 2 is 1.32 bits per heavy atom. The van der Waals surface area contributed by atoms with Crippen LogP contribution in [0.4, 0.5) is 39.5 Å².